The number of tetrazole rings is 1. The van der Waals surface area contributed by atoms with Crippen LogP contribution in [-0.4, -0.2) is 62.6 Å². The molecule has 110 valence electrons. The predicted octanol–water partition coefficient (Wildman–Crippen LogP) is -0.193. The zero-order valence-corrected chi connectivity index (χ0v) is 11.4. The van der Waals surface area contributed by atoms with Crippen LogP contribution >= 0.6 is 0 Å². The average molecular weight is 290 g/mol. The number of ether oxygens (including phenoxy) is 1. The van der Waals surface area contributed by atoms with E-state index in [1.54, 1.807) is 19.3 Å². The molecule has 0 spiro atoms. The number of aromatic nitrogens is 5. The molecule has 2 aromatic rings. The first kappa shape index (κ1) is 13.4. The number of carbonyl (C=O) groups is 1. The molecule has 0 bridgehead atoms. The molecule has 2 aromatic heterocycles. The van der Waals surface area contributed by atoms with Gasteiger partial charge < -0.3 is 14.7 Å². The van der Waals surface area contributed by atoms with Crippen molar-refractivity contribution in [1.82, 2.24) is 25.2 Å². The second kappa shape index (κ2) is 5.44. The predicted molar refractivity (Wildman–Crippen MR) is 72.0 cm³/mol. The van der Waals surface area contributed by atoms with Crippen LogP contribution in [0.2, 0.25) is 0 Å². The molecule has 1 aliphatic heterocycles. The Kier molecular flexibility index (Phi) is 3.48. The number of hydrogen-bond acceptors (Lipinski definition) is 7. The van der Waals surface area contributed by atoms with Crippen LogP contribution in [0.1, 0.15) is 10.4 Å². The molecular weight excluding hydrogens is 276 g/mol. The van der Waals surface area contributed by atoms with Gasteiger partial charge in [0, 0.05) is 31.9 Å². The van der Waals surface area contributed by atoms with Crippen LogP contribution < -0.4 is 4.90 Å². The van der Waals surface area contributed by atoms with Gasteiger partial charge in [-0.3, -0.25) is 0 Å². The molecule has 0 amide bonds. The van der Waals surface area contributed by atoms with Gasteiger partial charge in [-0.15, -0.1) is 5.10 Å². The molecule has 3 rings (SSSR count). The molecule has 9 nitrogen and oxygen atoms in total. The van der Waals surface area contributed by atoms with Crippen molar-refractivity contribution in [1.29, 1.82) is 0 Å². The third kappa shape index (κ3) is 2.55. The molecule has 1 aliphatic rings. The molecule has 1 N–H and O–H groups in total. The van der Waals surface area contributed by atoms with Gasteiger partial charge in [-0.25, -0.2) is 14.5 Å². The Hall–Kier alpha value is -2.55. The number of aryl methyl sites for hydroxylation is 1. The van der Waals surface area contributed by atoms with Crippen molar-refractivity contribution in [2.45, 2.75) is 0 Å². The lowest BCUT2D eigenvalue weighted by atomic mass is 10.1. The Morgan fingerprint density at radius 3 is 2.76 bits per heavy atom. The van der Waals surface area contributed by atoms with E-state index in [2.05, 4.69) is 20.5 Å². The summed E-state index contributed by atoms with van der Waals surface area (Å²) < 4.78 is 6.74. The second-order valence-corrected chi connectivity index (χ2v) is 4.63. The van der Waals surface area contributed by atoms with E-state index >= 15 is 0 Å². The fourth-order valence-electron chi connectivity index (χ4n) is 2.24. The monoisotopic (exact) mass is 290 g/mol. The number of hydrogen-bond donors (Lipinski definition) is 1. The first-order valence-corrected chi connectivity index (χ1v) is 6.45. The lowest BCUT2D eigenvalue weighted by Gasteiger charge is -2.28. The van der Waals surface area contributed by atoms with Crippen LogP contribution in [0.4, 0.5) is 5.82 Å². The number of anilines is 1. The SMILES string of the molecule is Cn1nnnc1-c1cnc(N2CCOCC2)c(C(=O)O)c1. The van der Waals surface area contributed by atoms with E-state index in [1.165, 1.54) is 4.68 Å². The van der Waals surface area contributed by atoms with Gasteiger partial charge in [-0.1, -0.05) is 0 Å². The highest BCUT2D eigenvalue weighted by Gasteiger charge is 2.21. The second-order valence-electron chi connectivity index (χ2n) is 4.63. The molecule has 1 fully saturated rings. The summed E-state index contributed by atoms with van der Waals surface area (Å²) in [7, 11) is 1.69. The Balaban J connectivity index is 2.02. The summed E-state index contributed by atoms with van der Waals surface area (Å²) in [4.78, 5) is 17.7. The molecular formula is C12H14N6O3. The summed E-state index contributed by atoms with van der Waals surface area (Å²) in [6, 6.07) is 1.55. The largest absolute Gasteiger partial charge is 0.478 e. The minimum Gasteiger partial charge on any atom is -0.478 e. The van der Waals surface area contributed by atoms with Gasteiger partial charge >= 0.3 is 5.97 Å². The molecule has 9 heteroatoms. The van der Waals surface area contributed by atoms with Gasteiger partial charge in [0.2, 0.25) is 0 Å². The molecule has 0 aliphatic carbocycles. The summed E-state index contributed by atoms with van der Waals surface area (Å²) >= 11 is 0. The summed E-state index contributed by atoms with van der Waals surface area (Å²) in [6.07, 6.45) is 1.59. The van der Waals surface area contributed by atoms with Gasteiger partial charge in [-0.2, -0.15) is 0 Å². The normalized spacial score (nSPS) is 15.2. The van der Waals surface area contributed by atoms with Gasteiger partial charge in [0.25, 0.3) is 0 Å². The van der Waals surface area contributed by atoms with Crippen LogP contribution in [-0.2, 0) is 11.8 Å². The minimum atomic E-state index is -1.03. The fourth-order valence-corrected chi connectivity index (χ4v) is 2.24. The molecule has 1 saturated heterocycles. The van der Waals surface area contributed by atoms with E-state index in [4.69, 9.17) is 4.74 Å². The van der Waals surface area contributed by atoms with E-state index in [1.807, 2.05) is 4.90 Å². The van der Waals surface area contributed by atoms with E-state index in [9.17, 15) is 9.90 Å². The highest BCUT2D eigenvalue weighted by Crippen LogP contribution is 2.24. The molecule has 0 unspecified atom stereocenters. The average Bonchev–Trinajstić information content (AvgIpc) is 2.93. The first-order chi connectivity index (χ1) is 10.2. The molecule has 0 radical (unpaired) electrons. The molecule has 0 saturated carbocycles. The van der Waals surface area contributed by atoms with Crippen LogP contribution in [0.15, 0.2) is 12.3 Å². The maximum atomic E-state index is 11.5. The first-order valence-electron chi connectivity index (χ1n) is 6.45. The van der Waals surface area contributed by atoms with Gasteiger partial charge in [0.05, 0.1) is 13.2 Å². The van der Waals surface area contributed by atoms with Crippen molar-refractivity contribution in [3.8, 4) is 11.4 Å². The van der Waals surface area contributed by atoms with Crippen molar-refractivity contribution >= 4 is 11.8 Å². The zero-order valence-electron chi connectivity index (χ0n) is 11.4. The van der Waals surface area contributed by atoms with Crippen molar-refractivity contribution < 1.29 is 14.6 Å². The Morgan fingerprint density at radius 2 is 2.14 bits per heavy atom. The smallest absolute Gasteiger partial charge is 0.339 e. The van der Waals surface area contributed by atoms with Gasteiger partial charge in [-0.05, 0) is 16.5 Å². The fraction of sp³-hybridized carbons (Fsp3) is 0.417. The van der Waals surface area contributed by atoms with Crippen molar-refractivity contribution in [3.63, 3.8) is 0 Å². The van der Waals surface area contributed by atoms with E-state index in [0.29, 0.717) is 43.5 Å². The standard InChI is InChI=1S/C12H14N6O3/c1-17-10(14-15-16-17)8-6-9(12(19)20)11(13-7-8)18-2-4-21-5-3-18/h6-7H,2-5H2,1H3,(H,19,20). The van der Waals surface area contributed by atoms with Crippen LogP contribution in [0.3, 0.4) is 0 Å². The highest BCUT2D eigenvalue weighted by atomic mass is 16.5. The van der Waals surface area contributed by atoms with Gasteiger partial charge in [0.15, 0.2) is 5.82 Å². The number of carboxylic acids is 1. The van der Waals surface area contributed by atoms with Crippen LogP contribution in [0.5, 0.6) is 0 Å². The van der Waals surface area contributed by atoms with E-state index in [-0.39, 0.29) is 5.56 Å². The summed E-state index contributed by atoms with van der Waals surface area (Å²) in [5.41, 5.74) is 0.703. The third-order valence-corrected chi connectivity index (χ3v) is 3.29. The Morgan fingerprint density at radius 1 is 1.38 bits per heavy atom. The Labute approximate surface area is 120 Å². The number of rotatable bonds is 3. The molecule has 21 heavy (non-hydrogen) atoms. The van der Waals surface area contributed by atoms with Crippen molar-refractivity contribution in [3.05, 3.63) is 17.8 Å². The summed E-state index contributed by atoms with van der Waals surface area (Å²) in [5, 5.41) is 20.6. The molecule has 0 aromatic carbocycles. The zero-order chi connectivity index (χ0) is 14.8. The lowest BCUT2D eigenvalue weighted by Crippen LogP contribution is -2.37. The molecule has 3 heterocycles. The maximum absolute atomic E-state index is 11.5. The number of pyridine rings is 1. The maximum Gasteiger partial charge on any atom is 0.339 e. The Bertz CT molecular complexity index is 665. The summed E-state index contributed by atoms with van der Waals surface area (Å²) in [5.74, 6) is -0.107. The number of aromatic carboxylic acids is 1. The lowest BCUT2D eigenvalue weighted by molar-refractivity contribution is 0.0696. The van der Waals surface area contributed by atoms with Gasteiger partial charge in [0.1, 0.15) is 11.4 Å². The third-order valence-electron chi connectivity index (χ3n) is 3.29. The van der Waals surface area contributed by atoms with Crippen molar-refractivity contribution in [2.75, 3.05) is 31.2 Å². The minimum absolute atomic E-state index is 0.136. The topological polar surface area (TPSA) is 106 Å². The highest BCUT2D eigenvalue weighted by molar-refractivity contribution is 5.94. The number of carboxylic acid groups (broad SMARTS) is 1. The van der Waals surface area contributed by atoms with Crippen LogP contribution in [0, 0.1) is 0 Å². The van der Waals surface area contributed by atoms with E-state index in [0.717, 1.165) is 0 Å². The van der Waals surface area contributed by atoms with E-state index < -0.39 is 5.97 Å². The molecule has 0 atom stereocenters. The van der Waals surface area contributed by atoms with Crippen molar-refractivity contribution in [2.24, 2.45) is 7.05 Å². The number of nitrogens with zero attached hydrogens (tertiary/aromatic N) is 6. The van der Waals surface area contributed by atoms with Crippen LogP contribution in [0.25, 0.3) is 11.4 Å². The summed E-state index contributed by atoms with van der Waals surface area (Å²) in [6.45, 7) is 2.38. The number of morpholine rings is 1. The quantitative estimate of drug-likeness (QED) is 0.828.